The van der Waals surface area contributed by atoms with Crippen molar-refractivity contribution in [3.63, 3.8) is 0 Å². The molecule has 0 aliphatic carbocycles. The smallest absolute Gasteiger partial charge is 0.265 e. The van der Waals surface area contributed by atoms with Crippen molar-refractivity contribution in [1.82, 2.24) is 5.32 Å². The molecular weight excluding hydrogens is 230 g/mol. The van der Waals surface area contributed by atoms with Crippen LogP contribution in [-0.2, 0) is 4.79 Å². The molecule has 0 saturated heterocycles. The first-order chi connectivity index (χ1) is 8.65. The average Bonchev–Trinajstić information content (AvgIpc) is 2.37. The highest BCUT2D eigenvalue weighted by Gasteiger charge is 2.24. The van der Waals surface area contributed by atoms with Crippen molar-refractivity contribution in [3.05, 3.63) is 23.8 Å². The zero-order chi connectivity index (χ0) is 13.1. The fourth-order valence-corrected chi connectivity index (χ4v) is 2.09. The molecule has 1 aliphatic rings. The number of benzene rings is 1. The third-order valence-electron chi connectivity index (χ3n) is 3.14. The Labute approximate surface area is 107 Å². The lowest BCUT2D eigenvalue weighted by molar-refractivity contribution is -0.122. The summed E-state index contributed by atoms with van der Waals surface area (Å²) in [6.07, 6.45) is 0.410. The molecule has 0 spiro atoms. The number of carbonyl (C=O) groups excluding carboxylic acids is 1. The van der Waals surface area contributed by atoms with Crippen LogP contribution in [0.2, 0.25) is 0 Å². The summed E-state index contributed by atoms with van der Waals surface area (Å²) in [6.45, 7) is 2.35. The molecule has 2 unspecified atom stereocenters. The molecule has 1 aromatic carbocycles. The Bertz CT molecular complexity index is 448. The molecule has 1 aromatic rings. The summed E-state index contributed by atoms with van der Waals surface area (Å²) >= 11 is 0. The highest BCUT2D eigenvalue weighted by Crippen LogP contribution is 2.32. The standard InChI is InChI=1S/C13H19N3O2/c1-8-13(17)16-11-7-9(3-4-12(11)18-8)10(15-2)5-6-14/h3-4,7-8,10,15H,5-6,14H2,1-2H3,(H,16,17). The number of nitrogens with two attached hydrogens (primary N) is 1. The number of rotatable bonds is 4. The maximum absolute atomic E-state index is 11.6. The second kappa shape index (κ2) is 5.37. The van der Waals surface area contributed by atoms with Gasteiger partial charge in [0.15, 0.2) is 6.10 Å². The number of fused-ring (bicyclic) bond motifs is 1. The minimum atomic E-state index is -0.438. The second-order valence-electron chi connectivity index (χ2n) is 4.42. The lowest BCUT2D eigenvalue weighted by Gasteiger charge is -2.25. The maximum atomic E-state index is 11.6. The number of hydrogen-bond donors (Lipinski definition) is 3. The van der Waals surface area contributed by atoms with Crippen molar-refractivity contribution >= 4 is 11.6 Å². The molecule has 2 atom stereocenters. The fraction of sp³-hybridized carbons (Fsp3) is 0.462. The Morgan fingerprint density at radius 3 is 3.00 bits per heavy atom. The van der Waals surface area contributed by atoms with Crippen LogP contribution in [0.5, 0.6) is 5.75 Å². The van der Waals surface area contributed by atoms with Crippen molar-refractivity contribution in [2.45, 2.75) is 25.5 Å². The monoisotopic (exact) mass is 249 g/mol. The summed E-state index contributed by atoms with van der Waals surface area (Å²) in [5.41, 5.74) is 7.41. The van der Waals surface area contributed by atoms with Crippen LogP contribution in [0.4, 0.5) is 5.69 Å². The summed E-state index contributed by atoms with van der Waals surface area (Å²) in [5, 5.41) is 6.06. The molecule has 2 rings (SSSR count). The van der Waals surface area contributed by atoms with E-state index in [-0.39, 0.29) is 11.9 Å². The Kier molecular flexibility index (Phi) is 3.84. The number of carbonyl (C=O) groups is 1. The molecule has 1 heterocycles. The molecule has 5 nitrogen and oxygen atoms in total. The van der Waals surface area contributed by atoms with Gasteiger partial charge in [0.1, 0.15) is 5.75 Å². The van der Waals surface area contributed by atoms with Crippen LogP contribution in [-0.4, -0.2) is 25.6 Å². The van der Waals surface area contributed by atoms with Gasteiger partial charge in [-0.15, -0.1) is 0 Å². The molecular formula is C13H19N3O2. The number of anilines is 1. The molecule has 0 fully saturated rings. The molecule has 4 N–H and O–H groups in total. The molecule has 0 aromatic heterocycles. The summed E-state index contributed by atoms with van der Waals surface area (Å²) in [6, 6.07) is 6.02. The third kappa shape index (κ3) is 2.47. The van der Waals surface area contributed by atoms with E-state index in [9.17, 15) is 4.79 Å². The van der Waals surface area contributed by atoms with Gasteiger partial charge in [0.2, 0.25) is 0 Å². The minimum absolute atomic E-state index is 0.112. The molecule has 0 saturated carbocycles. The highest BCUT2D eigenvalue weighted by atomic mass is 16.5. The van der Waals surface area contributed by atoms with Crippen molar-refractivity contribution in [1.29, 1.82) is 0 Å². The van der Waals surface area contributed by atoms with Crippen LogP contribution in [0.25, 0.3) is 0 Å². The van der Waals surface area contributed by atoms with E-state index in [1.165, 1.54) is 0 Å². The van der Waals surface area contributed by atoms with Crippen molar-refractivity contribution < 1.29 is 9.53 Å². The SMILES string of the molecule is CNC(CCN)c1ccc2c(c1)NC(=O)C(C)O2. The van der Waals surface area contributed by atoms with E-state index >= 15 is 0 Å². The summed E-state index contributed by atoms with van der Waals surface area (Å²) in [5.74, 6) is 0.605. The predicted molar refractivity (Wildman–Crippen MR) is 70.6 cm³/mol. The van der Waals surface area contributed by atoms with Gasteiger partial charge in [-0.1, -0.05) is 6.07 Å². The number of amides is 1. The van der Waals surface area contributed by atoms with Crippen LogP contribution < -0.4 is 21.1 Å². The molecule has 1 amide bonds. The van der Waals surface area contributed by atoms with E-state index < -0.39 is 6.10 Å². The van der Waals surface area contributed by atoms with Crippen molar-refractivity contribution in [2.75, 3.05) is 18.9 Å². The van der Waals surface area contributed by atoms with Crippen molar-refractivity contribution in [2.24, 2.45) is 5.73 Å². The molecule has 0 bridgehead atoms. The minimum Gasteiger partial charge on any atom is -0.479 e. The van der Waals surface area contributed by atoms with Gasteiger partial charge in [-0.25, -0.2) is 0 Å². The molecule has 18 heavy (non-hydrogen) atoms. The lowest BCUT2D eigenvalue weighted by atomic mass is 10.0. The van der Waals surface area contributed by atoms with Crippen LogP contribution in [0.1, 0.15) is 24.9 Å². The van der Waals surface area contributed by atoms with Crippen molar-refractivity contribution in [3.8, 4) is 5.75 Å². The second-order valence-corrected chi connectivity index (χ2v) is 4.42. The Balaban J connectivity index is 2.26. The Hall–Kier alpha value is -1.59. The van der Waals surface area contributed by atoms with E-state index in [0.717, 1.165) is 17.7 Å². The fourth-order valence-electron chi connectivity index (χ4n) is 2.09. The van der Waals surface area contributed by atoms with E-state index in [1.54, 1.807) is 6.92 Å². The van der Waals surface area contributed by atoms with Crippen LogP contribution in [0, 0.1) is 0 Å². The first kappa shape index (κ1) is 12.9. The van der Waals surface area contributed by atoms with Crippen LogP contribution in [0.3, 0.4) is 0 Å². The molecule has 1 aliphatic heterocycles. The lowest BCUT2D eigenvalue weighted by Crippen LogP contribution is -2.34. The highest BCUT2D eigenvalue weighted by molar-refractivity contribution is 5.97. The van der Waals surface area contributed by atoms with Gasteiger partial charge in [-0.2, -0.15) is 0 Å². The summed E-state index contributed by atoms with van der Waals surface area (Å²) in [4.78, 5) is 11.6. The first-order valence-corrected chi connectivity index (χ1v) is 6.14. The maximum Gasteiger partial charge on any atom is 0.265 e. The molecule has 5 heteroatoms. The normalized spacial score (nSPS) is 19.7. The summed E-state index contributed by atoms with van der Waals surface area (Å²) in [7, 11) is 1.90. The van der Waals surface area contributed by atoms with E-state index in [4.69, 9.17) is 10.5 Å². The van der Waals surface area contributed by atoms with E-state index in [2.05, 4.69) is 10.6 Å². The Morgan fingerprint density at radius 1 is 1.56 bits per heavy atom. The van der Waals surface area contributed by atoms with Gasteiger partial charge in [0, 0.05) is 6.04 Å². The quantitative estimate of drug-likeness (QED) is 0.744. The van der Waals surface area contributed by atoms with Gasteiger partial charge in [-0.05, 0) is 44.6 Å². The molecule has 98 valence electrons. The van der Waals surface area contributed by atoms with Gasteiger partial charge >= 0.3 is 0 Å². The van der Waals surface area contributed by atoms with Gasteiger partial charge in [0.25, 0.3) is 5.91 Å². The number of ether oxygens (including phenoxy) is 1. The number of hydrogen-bond acceptors (Lipinski definition) is 4. The first-order valence-electron chi connectivity index (χ1n) is 6.14. The predicted octanol–water partition coefficient (Wildman–Crippen LogP) is 1.02. The van der Waals surface area contributed by atoms with Gasteiger partial charge in [0.05, 0.1) is 5.69 Å². The van der Waals surface area contributed by atoms with Crippen LogP contribution in [0.15, 0.2) is 18.2 Å². The van der Waals surface area contributed by atoms with Gasteiger partial charge in [-0.3, -0.25) is 4.79 Å². The van der Waals surface area contributed by atoms with Gasteiger partial charge < -0.3 is 21.1 Å². The Morgan fingerprint density at radius 2 is 2.33 bits per heavy atom. The zero-order valence-electron chi connectivity index (χ0n) is 10.7. The van der Waals surface area contributed by atoms with E-state index in [1.807, 2.05) is 25.2 Å². The topological polar surface area (TPSA) is 76.4 Å². The number of nitrogens with one attached hydrogen (secondary N) is 2. The zero-order valence-corrected chi connectivity index (χ0v) is 10.7. The van der Waals surface area contributed by atoms with Crippen LogP contribution >= 0.6 is 0 Å². The van der Waals surface area contributed by atoms with E-state index in [0.29, 0.717) is 12.3 Å². The average molecular weight is 249 g/mol. The largest absolute Gasteiger partial charge is 0.479 e. The molecule has 0 radical (unpaired) electrons. The third-order valence-corrected chi connectivity index (χ3v) is 3.14. The summed E-state index contributed by atoms with van der Waals surface area (Å²) < 4.78 is 5.52.